The summed E-state index contributed by atoms with van der Waals surface area (Å²) in [6.07, 6.45) is 0.695. The number of hydrogen-bond acceptors (Lipinski definition) is 5. The molecule has 0 spiro atoms. The first-order valence-corrected chi connectivity index (χ1v) is 8.94. The molecule has 1 aliphatic rings. The third-order valence-corrected chi connectivity index (χ3v) is 4.48. The first kappa shape index (κ1) is 22.0. The molecule has 2 rings (SSSR count). The Morgan fingerprint density at radius 1 is 1.21 bits per heavy atom. The molecule has 0 aliphatic carbocycles. The molecule has 1 aromatic rings. The number of carbonyl (C=O) groups is 2. The maximum absolute atomic E-state index is 13.9. The molecule has 7 nitrogen and oxygen atoms in total. The van der Waals surface area contributed by atoms with Crippen LogP contribution in [0.15, 0.2) is 12.1 Å². The Morgan fingerprint density at radius 2 is 1.86 bits per heavy atom. The highest BCUT2D eigenvalue weighted by Gasteiger charge is 2.36. The van der Waals surface area contributed by atoms with E-state index < -0.39 is 54.9 Å². The molecule has 2 amide bonds. The van der Waals surface area contributed by atoms with Gasteiger partial charge in [-0.2, -0.15) is 0 Å². The van der Waals surface area contributed by atoms with Crippen molar-refractivity contribution >= 4 is 24.6 Å². The quantitative estimate of drug-likeness (QED) is 0.372. The van der Waals surface area contributed by atoms with Crippen molar-refractivity contribution in [3.05, 3.63) is 29.6 Å². The van der Waals surface area contributed by atoms with Crippen molar-refractivity contribution in [1.29, 1.82) is 0 Å². The minimum absolute atomic E-state index is 0.108. The minimum Gasteiger partial charge on any atom is -0.426 e. The summed E-state index contributed by atoms with van der Waals surface area (Å²) in [5.41, 5.74) is -0.227. The summed E-state index contributed by atoms with van der Waals surface area (Å²) in [5.74, 6) is -5.48. The van der Waals surface area contributed by atoms with E-state index in [0.29, 0.717) is 25.0 Å². The van der Waals surface area contributed by atoms with Gasteiger partial charge in [0.1, 0.15) is 11.9 Å². The lowest BCUT2D eigenvalue weighted by Gasteiger charge is -2.41. The predicted molar refractivity (Wildman–Crippen MR) is 96.7 cm³/mol. The average Bonchev–Trinajstić information content (AvgIpc) is 2.55. The molecular formula is C17H23BF3N3O4. The van der Waals surface area contributed by atoms with Crippen molar-refractivity contribution in [1.82, 2.24) is 10.6 Å². The molecule has 154 valence electrons. The van der Waals surface area contributed by atoms with Gasteiger partial charge in [0.05, 0.1) is 18.2 Å². The molecule has 11 heteroatoms. The Morgan fingerprint density at radius 3 is 2.39 bits per heavy atom. The highest BCUT2D eigenvalue weighted by molar-refractivity contribution is 6.43. The molecule has 0 saturated carbocycles. The summed E-state index contributed by atoms with van der Waals surface area (Å²) in [5, 5.41) is 23.4. The fraction of sp³-hybridized carbons (Fsp3) is 0.529. The van der Waals surface area contributed by atoms with Crippen molar-refractivity contribution in [2.45, 2.75) is 38.7 Å². The van der Waals surface area contributed by atoms with Gasteiger partial charge in [-0.15, -0.1) is 0 Å². The van der Waals surface area contributed by atoms with E-state index in [9.17, 15) is 32.8 Å². The van der Waals surface area contributed by atoms with Crippen LogP contribution in [0.25, 0.3) is 0 Å². The molecule has 4 N–H and O–H groups in total. The molecule has 0 bridgehead atoms. The number of nitrogens with one attached hydrogen (secondary N) is 2. The molecule has 1 fully saturated rings. The van der Waals surface area contributed by atoms with Crippen molar-refractivity contribution in [3.63, 3.8) is 0 Å². The summed E-state index contributed by atoms with van der Waals surface area (Å²) in [7, 11) is -1.74. The molecule has 0 aromatic heterocycles. The van der Waals surface area contributed by atoms with E-state index in [-0.39, 0.29) is 18.2 Å². The van der Waals surface area contributed by atoms with Crippen molar-refractivity contribution in [3.8, 4) is 0 Å². The lowest BCUT2D eigenvalue weighted by Crippen LogP contribution is -2.58. The maximum atomic E-state index is 13.9. The number of hydrogen-bond donors (Lipinski definition) is 4. The fourth-order valence-corrected chi connectivity index (χ4v) is 2.99. The van der Waals surface area contributed by atoms with E-state index >= 15 is 0 Å². The van der Waals surface area contributed by atoms with Crippen LogP contribution in [0, 0.1) is 23.4 Å². The SMILES string of the molecule is CC(C)CC(NC(=O)CNC(=O)C1CCN1c1cc(F)c(F)cc1F)B(O)O. The Kier molecular flexibility index (Phi) is 7.31. The van der Waals surface area contributed by atoms with Gasteiger partial charge in [0.2, 0.25) is 11.8 Å². The van der Waals surface area contributed by atoms with E-state index in [1.54, 1.807) is 0 Å². The number of rotatable bonds is 8. The second-order valence-electron chi connectivity index (χ2n) is 7.15. The molecule has 1 aromatic carbocycles. The first-order chi connectivity index (χ1) is 13.1. The second kappa shape index (κ2) is 9.29. The standard InChI is InChI=1S/C17H23BF3N3O4/c1-9(2)5-15(18(27)28)23-16(25)8-22-17(26)13-3-4-24(13)14-7-11(20)10(19)6-12(14)21/h6-7,9,13,15,27-28H,3-5,8H2,1-2H3,(H,22,26)(H,23,25). The topological polar surface area (TPSA) is 102 Å². The highest BCUT2D eigenvalue weighted by Crippen LogP contribution is 2.30. The summed E-state index contributed by atoms with van der Waals surface area (Å²) >= 11 is 0. The lowest BCUT2D eigenvalue weighted by atomic mass is 9.75. The molecule has 0 radical (unpaired) electrons. The fourth-order valence-electron chi connectivity index (χ4n) is 2.99. The van der Waals surface area contributed by atoms with Crippen molar-refractivity contribution in [2.24, 2.45) is 5.92 Å². The normalized spacial score (nSPS) is 17.1. The smallest absolute Gasteiger partial charge is 0.426 e. The largest absolute Gasteiger partial charge is 0.475 e. The zero-order valence-electron chi connectivity index (χ0n) is 15.6. The third kappa shape index (κ3) is 5.38. The van der Waals surface area contributed by atoms with E-state index in [4.69, 9.17) is 0 Å². The number of anilines is 1. The van der Waals surface area contributed by atoms with Crippen LogP contribution < -0.4 is 15.5 Å². The van der Waals surface area contributed by atoms with Crippen LogP contribution in [-0.2, 0) is 9.59 Å². The van der Waals surface area contributed by atoms with E-state index in [1.807, 2.05) is 13.8 Å². The van der Waals surface area contributed by atoms with Crippen LogP contribution >= 0.6 is 0 Å². The molecule has 28 heavy (non-hydrogen) atoms. The molecule has 1 saturated heterocycles. The minimum atomic E-state index is -1.74. The number of amides is 2. The van der Waals surface area contributed by atoms with E-state index in [2.05, 4.69) is 10.6 Å². The molecule has 2 unspecified atom stereocenters. The van der Waals surface area contributed by atoms with E-state index in [0.717, 1.165) is 0 Å². The van der Waals surface area contributed by atoms with Gasteiger partial charge in [0, 0.05) is 18.7 Å². The zero-order chi connectivity index (χ0) is 21.0. The predicted octanol–water partition coefficient (Wildman–Crippen LogP) is 0.342. The molecule has 1 heterocycles. The van der Waals surface area contributed by atoms with Crippen LogP contribution in [0.5, 0.6) is 0 Å². The van der Waals surface area contributed by atoms with Gasteiger partial charge in [-0.3, -0.25) is 9.59 Å². The van der Waals surface area contributed by atoms with Crippen molar-refractivity contribution in [2.75, 3.05) is 18.0 Å². The molecule has 1 aliphatic heterocycles. The number of carbonyl (C=O) groups excluding carboxylic acids is 2. The first-order valence-electron chi connectivity index (χ1n) is 8.94. The van der Waals surface area contributed by atoms with Gasteiger partial charge < -0.3 is 25.6 Å². The Bertz CT molecular complexity index is 736. The van der Waals surface area contributed by atoms with Gasteiger partial charge in [-0.1, -0.05) is 13.8 Å². The monoisotopic (exact) mass is 401 g/mol. The van der Waals surface area contributed by atoms with Gasteiger partial charge in [-0.25, -0.2) is 13.2 Å². The Hall–Kier alpha value is -2.27. The molecule has 2 atom stereocenters. The summed E-state index contributed by atoms with van der Waals surface area (Å²) in [6, 6.07) is 0.290. The van der Waals surface area contributed by atoms with Crippen LogP contribution in [0.4, 0.5) is 18.9 Å². The van der Waals surface area contributed by atoms with Gasteiger partial charge in [0.25, 0.3) is 0 Å². The highest BCUT2D eigenvalue weighted by atomic mass is 19.2. The number of halogens is 3. The number of benzene rings is 1. The van der Waals surface area contributed by atoms with Gasteiger partial charge in [0.15, 0.2) is 11.6 Å². The van der Waals surface area contributed by atoms with Crippen LogP contribution in [0.2, 0.25) is 0 Å². The van der Waals surface area contributed by atoms with Gasteiger partial charge >= 0.3 is 7.12 Å². The summed E-state index contributed by atoms with van der Waals surface area (Å²) in [4.78, 5) is 25.5. The maximum Gasteiger partial charge on any atom is 0.475 e. The van der Waals surface area contributed by atoms with Gasteiger partial charge in [-0.05, 0) is 18.8 Å². The van der Waals surface area contributed by atoms with Crippen LogP contribution in [0.3, 0.4) is 0 Å². The lowest BCUT2D eigenvalue weighted by molar-refractivity contribution is -0.127. The Balaban J connectivity index is 1.91. The molecular weight excluding hydrogens is 378 g/mol. The third-order valence-electron chi connectivity index (χ3n) is 4.48. The summed E-state index contributed by atoms with van der Waals surface area (Å²) in [6.45, 7) is 3.57. The van der Waals surface area contributed by atoms with E-state index in [1.165, 1.54) is 4.90 Å². The number of nitrogens with zero attached hydrogens (tertiary/aromatic N) is 1. The average molecular weight is 401 g/mol. The second-order valence-corrected chi connectivity index (χ2v) is 7.15. The van der Waals surface area contributed by atoms with Crippen LogP contribution in [0.1, 0.15) is 26.7 Å². The summed E-state index contributed by atoms with van der Waals surface area (Å²) < 4.78 is 40.3. The zero-order valence-corrected chi connectivity index (χ0v) is 15.6. The van der Waals surface area contributed by atoms with Crippen LogP contribution in [-0.4, -0.2) is 54.1 Å². The Labute approximate surface area is 161 Å². The van der Waals surface area contributed by atoms with Crippen molar-refractivity contribution < 1.29 is 32.8 Å².